The van der Waals surface area contributed by atoms with Gasteiger partial charge in [-0.3, -0.25) is 23.9 Å². The smallest absolute Gasteiger partial charge is 0.287 e. The molecule has 4 aromatic rings. The predicted molar refractivity (Wildman–Crippen MR) is 117 cm³/mol. The summed E-state index contributed by atoms with van der Waals surface area (Å²) in [6, 6.07) is 10.2. The van der Waals surface area contributed by atoms with E-state index in [0.29, 0.717) is 11.5 Å². The number of aryl methyl sites for hydroxylation is 1. The molecule has 0 fully saturated rings. The standard InChI is InChI=1S/C22H19N5O3S/c1-13-25-11-18(27(13)15-5-4-8-24-10-15)22(30)26-17(20(28)21(23)29)9-14-12-31-19-7-3-2-6-16(14)19/h2-8,10-12,17H,9H2,1H3,(H2,23,29)(H,26,30). The minimum Gasteiger partial charge on any atom is -0.363 e. The van der Waals surface area contributed by atoms with Gasteiger partial charge in [-0.05, 0) is 41.5 Å². The summed E-state index contributed by atoms with van der Waals surface area (Å²) < 4.78 is 2.69. The number of carbonyl (C=O) groups is 3. The van der Waals surface area contributed by atoms with Crippen LogP contribution in [0.1, 0.15) is 21.9 Å². The van der Waals surface area contributed by atoms with Crippen molar-refractivity contribution in [1.29, 1.82) is 0 Å². The zero-order chi connectivity index (χ0) is 22.0. The maximum absolute atomic E-state index is 13.1. The van der Waals surface area contributed by atoms with Crippen LogP contribution in [0.25, 0.3) is 15.8 Å². The number of benzene rings is 1. The predicted octanol–water partition coefficient (Wildman–Crippen LogP) is 2.19. The summed E-state index contributed by atoms with van der Waals surface area (Å²) >= 11 is 1.53. The summed E-state index contributed by atoms with van der Waals surface area (Å²) in [5.41, 5.74) is 7.00. The van der Waals surface area contributed by atoms with Crippen LogP contribution in [0.3, 0.4) is 0 Å². The first-order valence-electron chi connectivity index (χ1n) is 9.50. The van der Waals surface area contributed by atoms with Gasteiger partial charge < -0.3 is 11.1 Å². The van der Waals surface area contributed by atoms with Gasteiger partial charge in [-0.2, -0.15) is 0 Å². The summed E-state index contributed by atoms with van der Waals surface area (Å²) in [7, 11) is 0. The van der Waals surface area contributed by atoms with Crippen LogP contribution >= 0.6 is 11.3 Å². The molecule has 2 amide bonds. The van der Waals surface area contributed by atoms with Crippen molar-refractivity contribution in [3.63, 3.8) is 0 Å². The number of rotatable bonds is 7. The zero-order valence-electron chi connectivity index (χ0n) is 16.6. The Morgan fingerprint density at radius 2 is 1.97 bits per heavy atom. The quantitative estimate of drug-likeness (QED) is 0.433. The Hall–Kier alpha value is -3.85. The van der Waals surface area contributed by atoms with Crippen LogP contribution in [-0.4, -0.2) is 38.2 Å². The first kappa shape index (κ1) is 20.4. The third kappa shape index (κ3) is 4.08. The molecule has 1 unspecified atom stereocenters. The van der Waals surface area contributed by atoms with E-state index in [4.69, 9.17) is 5.73 Å². The summed E-state index contributed by atoms with van der Waals surface area (Å²) in [6.07, 6.45) is 4.80. The third-order valence-electron chi connectivity index (χ3n) is 4.92. The molecule has 4 rings (SSSR count). The van der Waals surface area contributed by atoms with E-state index in [0.717, 1.165) is 15.6 Å². The summed E-state index contributed by atoms with van der Waals surface area (Å²) in [4.78, 5) is 45.5. The number of hydrogen-bond donors (Lipinski definition) is 2. The van der Waals surface area contributed by atoms with Crippen molar-refractivity contribution in [3.8, 4) is 5.69 Å². The van der Waals surface area contributed by atoms with Gasteiger partial charge in [0.25, 0.3) is 11.8 Å². The minimum absolute atomic E-state index is 0.150. The maximum atomic E-state index is 13.1. The van der Waals surface area contributed by atoms with Gasteiger partial charge in [-0.15, -0.1) is 11.3 Å². The van der Waals surface area contributed by atoms with Crippen LogP contribution in [-0.2, 0) is 16.0 Å². The van der Waals surface area contributed by atoms with E-state index in [1.165, 1.54) is 17.5 Å². The number of thiophene rings is 1. The lowest BCUT2D eigenvalue weighted by Gasteiger charge is -2.17. The number of amides is 2. The number of hydrogen-bond acceptors (Lipinski definition) is 6. The van der Waals surface area contributed by atoms with Crippen molar-refractivity contribution in [2.75, 3.05) is 0 Å². The van der Waals surface area contributed by atoms with Crippen molar-refractivity contribution < 1.29 is 14.4 Å². The highest BCUT2D eigenvalue weighted by Crippen LogP contribution is 2.26. The Morgan fingerprint density at radius 1 is 1.16 bits per heavy atom. The number of nitrogens with zero attached hydrogens (tertiary/aromatic N) is 3. The molecule has 0 aliphatic heterocycles. The Kier molecular flexibility index (Phi) is 5.59. The van der Waals surface area contributed by atoms with E-state index < -0.39 is 23.6 Å². The molecule has 0 radical (unpaired) electrons. The number of imidazole rings is 1. The molecule has 3 N–H and O–H groups in total. The van der Waals surface area contributed by atoms with E-state index in [9.17, 15) is 14.4 Å². The van der Waals surface area contributed by atoms with E-state index in [1.807, 2.05) is 29.6 Å². The number of pyridine rings is 1. The van der Waals surface area contributed by atoms with Gasteiger partial charge in [0.2, 0.25) is 5.78 Å². The molecule has 3 heterocycles. The minimum atomic E-state index is -1.10. The van der Waals surface area contributed by atoms with Gasteiger partial charge >= 0.3 is 0 Å². The number of primary amides is 1. The Labute approximate surface area is 181 Å². The lowest BCUT2D eigenvalue weighted by molar-refractivity contribution is -0.137. The molecular weight excluding hydrogens is 414 g/mol. The number of nitrogens with two attached hydrogens (primary N) is 1. The molecule has 0 saturated carbocycles. The highest BCUT2D eigenvalue weighted by atomic mass is 32.1. The second-order valence-corrected chi connectivity index (χ2v) is 7.86. The molecule has 3 aromatic heterocycles. The van der Waals surface area contributed by atoms with Gasteiger partial charge in [0, 0.05) is 17.3 Å². The van der Waals surface area contributed by atoms with Crippen LogP contribution in [0.4, 0.5) is 0 Å². The molecule has 156 valence electrons. The van der Waals surface area contributed by atoms with Gasteiger partial charge in [-0.1, -0.05) is 18.2 Å². The normalized spacial score (nSPS) is 11.9. The first-order valence-corrected chi connectivity index (χ1v) is 10.4. The second-order valence-electron chi connectivity index (χ2n) is 6.95. The van der Waals surface area contributed by atoms with Gasteiger partial charge in [0.15, 0.2) is 0 Å². The number of nitrogens with one attached hydrogen (secondary N) is 1. The summed E-state index contributed by atoms with van der Waals surface area (Å²) in [6.45, 7) is 1.76. The van der Waals surface area contributed by atoms with Crippen LogP contribution in [0, 0.1) is 6.92 Å². The number of fused-ring (bicyclic) bond motifs is 1. The molecule has 0 aliphatic carbocycles. The van der Waals surface area contributed by atoms with Crippen LogP contribution in [0.15, 0.2) is 60.4 Å². The van der Waals surface area contributed by atoms with Gasteiger partial charge in [0.1, 0.15) is 17.6 Å². The fourth-order valence-corrected chi connectivity index (χ4v) is 4.42. The first-order chi connectivity index (χ1) is 15.0. The number of Topliss-reactive ketones (excluding diaryl/α,β-unsaturated/α-hetero) is 1. The fourth-order valence-electron chi connectivity index (χ4n) is 3.44. The molecule has 0 aliphatic rings. The number of carbonyl (C=O) groups excluding carboxylic acids is 3. The Balaban J connectivity index is 1.65. The van der Waals surface area contributed by atoms with Crippen LogP contribution < -0.4 is 11.1 Å². The average molecular weight is 433 g/mol. The van der Waals surface area contributed by atoms with Crippen molar-refractivity contribution >= 4 is 39.0 Å². The molecule has 1 atom stereocenters. The van der Waals surface area contributed by atoms with Crippen LogP contribution in [0.5, 0.6) is 0 Å². The molecule has 8 nitrogen and oxygen atoms in total. The summed E-state index contributed by atoms with van der Waals surface area (Å²) in [5.74, 6) is -1.90. The number of ketones is 1. The van der Waals surface area contributed by atoms with Crippen molar-refractivity contribution in [3.05, 3.63) is 77.5 Å². The lowest BCUT2D eigenvalue weighted by Crippen LogP contribution is -2.47. The highest BCUT2D eigenvalue weighted by Gasteiger charge is 2.28. The second kappa shape index (κ2) is 8.49. The molecule has 9 heteroatoms. The molecule has 0 bridgehead atoms. The molecule has 1 aromatic carbocycles. The Bertz CT molecular complexity index is 1280. The lowest BCUT2D eigenvalue weighted by atomic mass is 10.0. The van der Waals surface area contributed by atoms with E-state index >= 15 is 0 Å². The SMILES string of the molecule is Cc1ncc(C(=O)NC(Cc2csc3ccccc23)C(=O)C(N)=O)n1-c1cccnc1. The third-order valence-corrected chi connectivity index (χ3v) is 5.94. The number of aromatic nitrogens is 3. The molecular formula is C22H19N5O3S. The van der Waals surface area contributed by atoms with Crippen molar-refractivity contribution in [2.24, 2.45) is 5.73 Å². The van der Waals surface area contributed by atoms with E-state index in [1.54, 1.807) is 36.0 Å². The van der Waals surface area contributed by atoms with Crippen molar-refractivity contribution in [1.82, 2.24) is 19.9 Å². The van der Waals surface area contributed by atoms with Gasteiger partial charge in [0.05, 0.1) is 18.1 Å². The largest absolute Gasteiger partial charge is 0.363 e. The zero-order valence-corrected chi connectivity index (χ0v) is 17.4. The maximum Gasteiger partial charge on any atom is 0.287 e. The highest BCUT2D eigenvalue weighted by molar-refractivity contribution is 7.17. The molecule has 0 saturated heterocycles. The topological polar surface area (TPSA) is 120 Å². The Morgan fingerprint density at radius 3 is 2.71 bits per heavy atom. The van der Waals surface area contributed by atoms with E-state index in [-0.39, 0.29) is 12.1 Å². The molecule has 0 spiro atoms. The fraction of sp³-hybridized carbons (Fsp3) is 0.136. The average Bonchev–Trinajstić information content (AvgIpc) is 3.37. The van der Waals surface area contributed by atoms with Crippen LogP contribution in [0.2, 0.25) is 0 Å². The van der Waals surface area contributed by atoms with Gasteiger partial charge in [-0.25, -0.2) is 4.98 Å². The monoisotopic (exact) mass is 433 g/mol. The summed E-state index contributed by atoms with van der Waals surface area (Å²) in [5, 5.41) is 5.57. The van der Waals surface area contributed by atoms with Crippen molar-refractivity contribution in [2.45, 2.75) is 19.4 Å². The van der Waals surface area contributed by atoms with E-state index in [2.05, 4.69) is 15.3 Å². The molecule has 31 heavy (non-hydrogen) atoms.